The zero-order valence-corrected chi connectivity index (χ0v) is 14.4. The smallest absolute Gasteiger partial charge is 0.343 e. The predicted molar refractivity (Wildman–Crippen MR) is 102 cm³/mol. The molecule has 0 saturated carbocycles. The van der Waals surface area contributed by atoms with Crippen molar-refractivity contribution < 1.29 is 14.3 Å². The van der Waals surface area contributed by atoms with Crippen LogP contribution in [0.3, 0.4) is 0 Å². The topological polar surface area (TPSA) is 67.4 Å². The molecule has 3 aromatic carbocycles. The van der Waals surface area contributed by atoms with Gasteiger partial charge in [-0.3, -0.25) is 0 Å². The van der Waals surface area contributed by atoms with E-state index in [9.17, 15) is 9.59 Å². The van der Waals surface area contributed by atoms with E-state index < -0.39 is 5.97 Å². The number of ether oxygens (including phenoxy) is 1. The molecule has 0 fully saturated rings. The molecular weight excluding hydrogens is 352 g/mol. The Bertz CT molecular complexity index is 895. The summed E-state index contributed by atoms with van der Waals surface area (Å²) in [5.74, 6) is -0.0469. The number of urea groups is 1. The summed E-state index contributed by atoms with van der Waals surface area (Å²) in [6.45, 7) is 0. The molecule has 3 aromatic rings. The van der Waals surface area contributed by atoms with Gasteiger partial charge in [-0.1, -0.05) is 29.8 Å². The highest BCUT2D eigenvalue weighted by molar-refractivity contribution is 6.30. The maximum absolute atomic E-state index is 12.0. The number of benzene rings is 3. The number of hydrogen-bond acceptors (Lipinski definition) is 3. The summed E-state index contributed by atoms with van der Waals surface area (Å²) >= 11 is 5.80. The van der Waals surface area contributed by atoms with Crippen LogP contribution in [0.5, 0.6) is 5.75 Å². The number of nitrogens with one attached hydrogen (secondary N) is 2. The fourth-order valence-electron chi connectivity index (χ4n) is 2.17. The molecule has 0 saturated heterocycles. The average Bonchev–Trinajstić information content (AvgIpc) is 2.66. The number of amides is 2. The van der Waals surface area contributed by atoms with Crippen LogP contribution in [0, 0.1) is 0 Å². The number of halogens is 1. The van der Waals surface area contributed by atoms with E-state index in [0.717, 1.165) is 0 Å². The molecule has 0 unspecified atom stereocenters. The van der Waals surface area contributed by atoms with E-state index in [1.165, 1.54) is 0 Å². The van der Waals surface area contributed by atoms with Gasteiger partial charge in [0.25, 0.3) is 0 Å². The van der Waals surface area contributed by atoms with Crippen molar-refractivity contribution in [3.05, 3.63) is 89.4 Å². The molecule has 0 heterocycles. The van der Waals surface area contributed by atoms with E-state index in [0.29, 0.717) is 27.7 Å². The fraction of sp³-hybridized carbons (Fsp3) is 0. The predicted octanol–water partition coefficient (Wildman–Crippen LogP) is 5.20. The first-order valence-electron chi connectivity index (χ1n) is 7.81. The van der Waals surface area contributed by atoms with Crippen molar-refractivity contribution in [2.45, 2.75) is 0 Å². The SMILES string of the molecule is O=C(Nc1ccc(Cl)cc1)Nc1ccc(OC(=O)c2ccccc2)cc1. The fourth-order valence-corrected chi connectivity index (χ4v) is 2.30. The maximum Gasteiger partial charge on any atom is 0.343 e. The molecule has 2 N–H and O–H groups in total. The molecule has 2 amide bonds. The third-order valence-electron chi connectivity index (χ3n) is 3.43. The lowest BCUT2D eigenvalue weighted by atomic mass is 10.2. The lowest BCUT2D eigenvalue weighted by Gasteiger charge is -2.09. The van der Waals surface area contributed by atoms with Crippen molar-refractivity contribution in [2.75, 3.05) is 10.6 Å². The van der Waals surface area contributed by atoms with Gasteiger partial charge >= 0.3 is 12.0 Å². The Morgan fingerprint density at radius 2 is 1.27 bits per heavy atom. The van der Waals surface area contributed by atoms with E-state index in [-0.39, 0.29) is 6.03 Å². The molecule has 6 heteroatoms. The zero-order chi connectivity index (χ0) is 18.4. The van der Waals surface area contributed by atoms with Crippen LogP contribution in [0.4, 0.5) is 16.2 Å². The minimum absolute atomic E-state index is 0.388. The number of hydrogen-bond donors (Lipinski definition) is 2. The number of carbonyl (C=O) groups is 2. The van der Waals surface area contributed by atoms with Crippen LogP contribution in [-0.4, -0.2) is 12.0 Å². The van der Waals surface area contributed by atoms with Gasteiger partial charge in [-0.05, 0) is 60.7 Å². The molecule has 26 heavy (non-hydrogen) atoms. The molecule has 0 spiro atoms. The summed E-state index contributed by atoms with van der Waals surface area (Å²) in [6, 6.07) is 21.6. The molecule has 130 valence electrons. The van der Waals surface area contributed by atoms with Crippen molar-refractivity contribution in [1.82, 2.24) is 0 Å². The van der Waals surface area contributed by atoms with Crippen molar-refractivity contribution in [2.24, 2.45) is 0 Å². The molecule has 0 radical (unpaired) electrons. The third-order valence-corrected chi connectivity index (χ3v) is 3.69. The van der Waals surface area contributed by atoms with Crippen LogP contribution in [0.2, 0.25) is 5.02 Å². The highest BCUT2D eigenvalue weighted by atomic mass is 35.5. The second kappa shape index (κ2) is 8.18. The molecular formula is C20H15ClN2O3. The van der Waals surface area contributed by atoms with E-state index >= 15 is 0 Å². The van der Waals surface area contributed by atoms with Gasteiger partial charge < -0.3 is 15.4 Å². The lowest BCUT2D eigenvalue weighted by molar-refractivity contribution is 0.0734. The van der Waals surface area contributed by atoms with Crippen molar-refractivity contribution in [1.29, 1.82) is 0 Å². The van der Waals surface area contributed by atoms with Gasteiger partial charge in [0, 0.05) is 16.4 Å². The van der Waals surface area contributed by atoms with Gasteiger partial charge in [0.1, 0.15) is 5.75 Å². The van der Waals surface area contributed by atoms with Gasteiger partial charge in [-0.2, -0.15) is 0 Å². The lowest BCUT2D eigenvalue weighted by Crippen LogP contribution is -2.19. The van der Waals surface area contributed by atoms with Gasteiger partial charge in [0.2, 0.25) is 0 Å². The molecule has 3 rings (SSSR count). The van der Waals surface area contributed by atoms with Gasteiger partial charge in [0.05, 0.1) is 5.56 Å². The van der Waals surface area contributed by atoms with Gasteiger partial charge in [-0.15, -0.1) is 0 Å². The molecule has 0 atom stereocenters. The minimum atomic E-state index is -0.438. The van der Waals surface area contributed by atoms with Crippen LogP contribution in [-0.2, 0) is 0 Å². The van der Waals surface area contributed by atoms with Crippen LogP contribution in [0.15, 0.2) is 78.9 Å². The Morgan fingerprint density at radius 1 is 0.731 bits per heavy atom. The Labute approximate surface area is 155 Å². The quantitative estimate of drug-likeness (QED) is 0.492. The number of anilines is 2. The largest absolute Gasteiger partial charge is 0.423 e. The Morgan fingerprint density at radius 3 is 1.85 bits per heavy atom. The second-order valence-corrected chi connectivity index (χ2v) is 5.80. The standard InChI is InChI=1S/C20H15ClN2O3/c21-15-6-8-16(9-7-15)22-20(25)23-17-10-12-18(13-11-17)26-19(24)14-4-2-1-3-5-14/h1-13H,(H2,22,23,25). The minimum Gasteiger partial charge on any atom is -0.423 e. The monoisotopic (exact) mass is 366 g/mol. The van der Waals surface area contributed by atoms with E-state index in [4.69, 9.17) is 16.3 Å². The maximum atomic E-state index is 12.0. The molecule has 5 nitrogen and oxygen atoms in total. The third kappa shape index (κ3) is 4.84. The van der Waals surface area contributed by atoms with E-state index in [1.54, 1.807) is 72.8 Å². The Hall–Kier alpha value is -3.31. The van der Waals surface area contributed by atoms with E-state index in [1.807, 2.05) is 6.07 Å². The summed E-state index contributed by atoms with van der Waals surface area (Å²) in [5, 5.41) is 5.98. The highest BCUT2D eigenvalue weighted by Crippen LogP contribution is 2.18. The van der Waals surface area contributed by atoms with Crippen molar-refractivity contribution in [3.8, 4) is 5.75 Å². The molecule has 0 aliphatic rings. The summed E-state index contributed by atoms with van der Waals surface area (Å²) in [4.78, 5) is 24.0. The summed E-state index contributed by atoms with van der Waals surface area (Å²) in [7, 11) is 0. The zero-order valence-electron chi connectivity index (χ0n) is 13.6. The molecule has 0 bridgehead atoms. The Balaban J connectivity index is 1.56. The first-order valence-corrected chi connectivity index (χ1v) is 8.19. The number of carbonyl (C=O) groups excluding carboxylic acids is 2. The first kappa shape index (κ1) is 17.5. The summed E-state index contributed by atoms with van der Waals surface area (Å²) in [5.41, 5.74) is 1.66. The van der Waals surface area contributed by atoms with Gasteiger partial charge in [0.15, 0.2) is 0 Å². The Kier molecular flexibility index (Phi) is 5.51. The first-order chi connectivity index (χ1) is 12.6. The highest BCUT2D eigenvalue weighted by Gasteiger charge is 2.08. The van der Waals surface area contributed by atoms with Crippen LogP contribution in [0.1, 0.15) is 10.4 Å². The number of rotatable bonds is 4. The van der Waals surface area contributed by atoms with Crippen molar-refractivity contribution in [3.63, 3.8) is 0 Å². The molecule has 0 aromatic heterocycles. The average molecular weight is 367 g/mol. The number of esters is 1. The van der Waals surface area contributed by atoms with Crippen LogP contribution in [0.25, 0.3) is 0 Å². The molecule has 0 aliphatic carbocycles. The van der Waals surface area contributed by atoms with Crippen LogP contribution >= 0.6 is 11.6 Å². The molecule has 0 aliphatic heterocycles. The summed E-state index contributed by atoms with van der Waals surface area (Å²) in [6.07, 6.45) is 0. The van der Waals surface area contributed by atoms with Gasteiger partial charge in [-0.25, -0.2) is 9.59 Å². The summed E-state index contributed by atoms with van der Waals surface area (Å²) < 4.78 is 5.29. The van der Waals surface area contributed by atoms with E-state index in [2.05, 4.69) is 10.6 Å². The second-order valence-electron chi connectivity index (χ2n) is 5.37. The normalized spacial score (nSPS) is 10.0. The van der Waals surface area contributed by atoms with Crippen molar-refractivity contribution >= 4 is 35.0 Å². The van der Waals surface area contributed by atoms with Crippen LogP contribution < -0.4 is 15.4 Å².